The fourth-order valence-corrected chi connectivity index (χ4v) is 3.22. The van der Waals surface area contributed by atoms with Gasteiger partial charge in [-0.2, -0.15) is 0 Å². The molecule has 2 aliphatic rings. The number of hydrogen-bond acceptors (Lipinski definition) is 3. The van der Waals surface area contributed by atoms with E-state index in [1.54, 1.807) is 0 Å². The van der Waals surface area contributed by atoms with Crippen LogP contribution in [-0.4, -0.2) is 43.2 Å². The molecule has 1 N–H and O–H groups in total. The van der Waals surface area contributed by atoms with Gasteiger partial charge < -0.3 is 15.0 Å². The lowest BCUT2D eigenvalue weighted by Crippen LogP contribution is -2.49. The lowest BCUT2D eigenvalue weighted by Gasteiger charge is -2.31. The van der Waals surface area contributed by atoms with Crippen LogP contribution >= 0.6 is 0 Å². The monoisotopic (exact) mass is 274 g/mol. The lowest BCUT2D eigenvalue weighted by atomic mass is 9.99. The van der Waals surface area contributed by atoms with Gasteiger partial charge in [-0.3, -0.25) is 4.79 Å². The van der Waals surface area contributed by atoms with Gasteiger partial charge in [-0.25, -0.2) is 0 Å². The number of benzene rings is 1. The average molecular weight is 274 g/mol. The number of hydrogen-bond donors (Lipinski definition) is 1. The number of carbonyl (C=O) groups excluding carboxylic acids is 1. The molecule has 2 saturated heterocycles. The first-order chi connectivity index (χ1) is 9.77. The zero-order valence-electron chi connectivity index (χ0n) is 12.0. The third-order valence-corrected chi connectivity index (χ3v) is 4.29. The summed E-state index contributed by atoms with van der Waals surface area (Å²) in [4.78, 5) is 14.7. The van der Waals surface area contributed by atoms with E-state index in [4.69, 9.17) is 4.74 Å². The molecule has 0 aliphatic carbocycles. The van der Waals surface area contributed by atoms with Crippen LogP contribution in [-0.2, 0) is 9.53 Å². The number of aryl methyl sites for hydroxylation is 1. The van der Waals surface area contributed by atoms with Crippen molar-refractivity contribution in [3.05, 3.63) is 35.4 Å². The maximum absolute atomic E-state index is 12.7. The van der Waals surface area contributed by atoms with Gasteiger partial charge in [-0.05, 0) is 30.9 Å². The van der Waals surface area contributed by atoms with Gasteiger partial charge in [0.1, 0.15) is 6.10 Å². The Kier molecular flexibility index (Phi) is 4.03. The molecule has 0 bridgehead atoms. The molecule has 4 heteroatoms. The minimum atomic E-state index is -0.312. The van der Waals surface area contributed by atoms with E-state index in [0.29, 0.717) is 13.2 Å². The highest BCUT2D eigenvalue weighted by atomic mass is 16.5. The van der Waals surface area contributed by atoms with Crippen LogP contribution in [0.15, 0.2) is 24.3 Å². The van der Waals surface area contributed by atoms with Crippen LogP contribution in [0.1, 0.15) is 30.0 Å². The van der Waals surface area contributed by atoms with Crippen molar-refractivity contribution in [1.82, 2.24) is 10.2 Å². The van der Waals surface area contributed by atoms with Gasteiger partial charge in [0.05, 0.1) is 12.6 Å². The van der Waals surface area contributed by atoms with Crippen molar-refractivity contribution in [3.8, 4) is 0 Å². The molecule has 108 valence electrons. The predicted octanol–water partition coefficient (Wildman–Crippen LogP) is 1.65. The fourth-order valence-electron chi connectivity index (χ4n) is 3.22. The number of nitrogens with one attached hydrogen (secondary N) is 1. The van der Waals surface area contributed by atoms with Crippen LogP contribution in [0.2, 0.25) is 0 Å². The number of rotatable bonds is 2. The summed E-state index contributed by atoms with van der Waals surface area (Å²) in [5.74, 6) is 0.142. The van der Waals surface area contributed by atoms with Crippen LogP contribution in [0.3, 0.4) is 0 Å². The molecule has 0 radical (unpaired) electrons. The standard InChI is InChI=1S/C16H22N2O2/c1-12-5-2-3-6-13(12)14-7-4-9-18(14)16(19)15-11-17-8-10-20-15/h2-3,5-6,14-15,17H,4,7-11H2,1H3. The quantitative estimate of drug-likeness (QED) is 0.891. The average Bonchev–Trinajstić information content (AvgIpc) is 2.97. The number of amides is 1. The van der Waals surface area contributed by atoms with Crippen molar-refractivity contribution >= 4 is 5.91 Å². The molecular weight excluding hydrogens is 252 g/mol. The summed E-state index contributed by atoms with van der Waals surface area (Å²) < 4.78 is 5.61. The lowest BCUT2D eigenvalue weighted by molar-refractivity contribution is -0.146. The maximum atomic E-state index is 12.7. The SMILES string of the molecule is Cc1ccccc1C1CCCN1C(=O)C1CNCCO1. The molecule has 1 amide bonds. The second-order valence-corrected chi connectivity index (χ2v) is 5.61. The molecule has 2 atom stereocenters. The molecule has 0 saturated carbocycles. The van der Waals surface area contributed by atoms with Gasteiger partial charge in [-0.15, -0.1) is 0 Å². The molecule has 2 aliphatic heterocycles. The molecule has 0 aromatic heterocycles. The van der Waals surface area contributed by atoms with Crippen molar-refractivity contribution in [3.63, 3.8) is 0 Å². The van der Waals surface area contributed by atoms with E-state index in [-0.39, 0.29) is 18.1 Å². The first-order valence-electron chi connectivity index (χ1n) is 7.45. The van der Waals surface area contributed by atoms with E-state index < -0.39 is 0 Å². The van der Waals surface area contributed by atoms with Crippen molar-refractivity contribution < 1.29 is 9.53 Å². The van der Waals surface area contributed by atoms with E-state index in [0.717, 1.165) is 25.9 Å². The summed E-state index contributed by atoms with van der Waals surface area (Å²) >= 11 is 0. The molecule has 2 unspecified atom stereocenters. The second-order valence-electron chi connectivity index (χ2n) is 5.61. The third-order valence-electron chi connectivity index (χ3n) is 4.29. The van der Waals surface area contributed by atoms with E-state index in [9.17, 15) is 4.79 Å². The van der Waals surface area contributed by atoms with Crippen LogP contribution in [0.4, 0.5) is 0 Å². The molecule has 2 heterocycles. The second kappa shape index (κ2) is 5.94. The van der Waals surface area contributed by atoms with E-state index >= 15 is 0 Å². The zero-order valence-corrected chi connectivity index (χ0v) is 12.0. The summed E-state index contributed by atoms with van der Waals surface area (Å²) in [5.41, 5.74) is 2.54. The normalized spacial score (nSPS) is 26.8. The first kappa shape index (κ1) is 13.6. The summed E-state index contributed by atoms with van der Waals surface area (Å²) in [6, 6.07) is 8.59. The molecular formula is C16H22N2O2. The molecule has 3 rings (SSSR count). The molecule has 2 fully saturated rings. The molecule has 1 aromatic rings. The van der Waals surface area contributed by atoms with Gasteiger partial charge in [0.2, 0.25) is 0 Å². The minimum Gasteiger partial charge on any atom is -0.366 e. The Morgan fingerprint density at radius 2 is 2.25 bits per heavy atom. The summed E-state index contributed by atoms with van der Waals surface area (Å²) in [5, 5.41) is 3.23. The molecule has 4 nitrogen and oxygen atoms in total. The smallest absolute Gasteiger partial charge is 0.253 e. The summed E-state index contributed by atoms with van der Waals surface area (Å²) in [6.07, 6.45) is 1.81. The number of likely N-dealkylation sites (tertiary alicyclic amines) is 1. The Morgan fingerprint density at radius 1 is 1.40 bits per heavy atom. The zero-order chi connectivity index (χ0) is 13.9. The Labute approximate surface area is 120 Å². The number of carbonyl (C=O) groups is 1. The number of nitrogens with zero attached hydrogens (tertiary/aromatic N) is 1. The van der Waals surface area contributed by atoms with Crippen LogP contribution in [0.5, 0.6) is 0 Å². The fraction of sp³-hybridized carbons (Fsp3) is 0.562. The van der Waals surface area contributed by atoms with Gasteiger partial charge in [0.25, 0.3) is 5.91 Å². The third kappa shape index (κ3) is 2.58. The largest absolute Gasteiger partial charge is 0.366 e. The van der Waals surface area contributed by atoms with E-state index in [2.05, 4.69) is 30.4 Å². The first-order valence-corrected chi connectivity index (χ1v) is 7.45. The maximum Gasteiger partial charge on any atom is 0.253 e. The highest BCUT2D eigenvalue weighted by molar-refractivity contribution is 5.82. The van der Waals surface area contributed by atoms with Gasteiger partial charge in [-0.1, -0.05) is 24.3 Å². The van der Waals surface area contributed by atoms with Crippen molar-refractivity contribution in [2.24, 2.45) is 0 Å². The molecule has 1 aromatic carbocycles. The van der Waals surface area contributed by atoms with Gasteiger partial charge in [0.15, 0.2) is 0 Å². The Bertz CT molecular complexity index is 483. The predicted molar refractivity (Wildman–Crippen MR) is 77.5 cm³/mol. The highest BCUT2D eigenvalue weighted by Gasteiger charge is 2.35. The Hall–Kier alpha value is -1.39. The Morgan fingerprint density at radius 3 is 3.00 bits per heavy atom. The van der Waals surface area contributed by atoms with E-state index in [1.165, 1.54) is 11.1 Å². The van der Waals surface area contributed by atoms with Crippen molar-refractivity contribution in [2.75, 3.05) is 26.2 Å². The topological polar surface area (TPSA) is 41.6 Å². The van der Waals surface area contributed by atoms with Crippen LogP contribution in [0, 0.1) is 6.92 Å². The van der Waals surface area contributed by atoms with Gasteiger partial charge >= 0.3 is 0 Å². The molecule has 0 spiro atoms. The van der Waals surface area contributed by atoms with E-state index in [1.807, 2.05) is 11.0 Å². The Balaban J connectivity index is 1.78. The van der Waals surface area contributed by atoms with Gasteiger partial charge in [0, 0.05) is 19.6 Å². The van der Waals surface area contributed by atoms with Crippen LogP contribution < -0.4 is 5.32 Å². The summed E-state index contributed by atoms with van der Waals surface area (Å²) in [7, 11) is 0. The van der Waals surface area contributed by atoms with Crippen LogP contribution in [0.25, 0.3) is 0 Å². The number of morpholine rings is 1. The summed E-state index contributed by atoms with van der Waals surface area (Å²) in [6.45, 7) is 5.06. The molecule has 20 heavy (non-hydrogen) atoms. The number of ether oxygens (including phenoxy) is 1. The highest BCUT2D eigenvalue weighted by Crippen LogP contribution is 2.34. The minimum absolute atomic E-state index is 0.142. The van der Waals surface area contributed by atoms with Crippen molar-refractivity contribution in [2.45, 2.75) is 31.9 Å². The van der Waals surface area contributed by atoms with Crippen molar-refractivity contribution in [1.29, 1.82) is 0 Å².